The Morgan fingerprint density at radius 3 is 2.52 bits per heavy atom. The lowest BCUT2D eigenvalue weighted by Crippen LogP contribution is -2.24. The van der Waals surface area contributed by atoms with Crippen molar-refractivity contribution < 1.29 is 19.1 Å². The molecule has 160 valence electrons. The van der Waals surface area contributed by atoms with Gasteiger partial charge in [0.15, 0.2) is 0 Å². The molecule has 0 spiro atoms. The summed E-state index contributed by atoms with van der Waals surface area (Å²) in [5.41, 5.74) is 3.21. The first-order chi connectivity index (χ1) is 15.1. The lowest BCUT2D eigenvalue weighted by atomic mass is 10.1. The Morgan fingerprint density at radius 1 is 0.935 bits per heavy atom. The van der Waals surface area contributed by atoms with E-state index in [1.54, 1.807) is 61.8 Å². The van der Waals surface area contributed by atoms with Crippen molar-refractivity contribution in [2.75, 3.05) is 25.6 Å². The number of aromatic nitrogens is 1. The van der Waals surface area contributed by atoms with Crippen LogP contribution in [0.4, 0.5) is 5.69 Å². The molecule has 0 unspecified atom stereocenters. The minimum atomic E-state index is -0.262. The molecule has 0 fully saturated rings. The highest BCUT2D eigenvalue weighted by Crippen LogP contribution is 2.19. The standard InChI is InChI=1S/C24H25N3O4/c1-17-10-11-19(15-21(17)27-23(29)18-7-4-3-5-8-18)22(28)26-16-20-9-6-12-25-24(20)31-14-13-30-2/h3-12,15H,13-14,16H2,1-2H3,(H,26,28)(H,27,29). The average Bonchev–Trinajstić information content (AvgIpc) is 2.80. The number of benzene rings is 2. The van der Waals surface area contributed by atoms with E-state index < -0.39 is 0 Å². The third-order valence-electron chi connectivity index (χ3n) is 4.60. The molecule has 0 atom stereocenters. The molecular weight excluding hydrogens is 394 g/mol. The SMILES string of the molecule is COCCOc1ncccc1CNC(=O)c1ccc(C)c(NC(=O)c2ccccc2)c1. The smallest absolute Gasteiger partial charge is 0.255 e. The molecule has 1 aromatic heterocycles. The van der Waals surface area contributed by atoms with Gasteiger partial charge < -0.3 is 20.1 Å². The van der Waals surface area contributed by atoms with E-state index in [2.05, 4.69) is 15.6 Å². The van der Waals surface area contributed by atoms with Crippen molar-refractivity contribution >= 4 is 17.5 Å². The fourth-order valence-corrected chi connectivity index (χ4v) is 2.87. The number of hydrogen-bond acceptors (Lipinski definition) is 5. The maximum absolute atomic E-state index is 12.7. The van der Waals surface area contributed by atoms with Crippen molar-refractivity contribution in [1.82, 2.24) is 10.3 Å². The van der Waals surface area contributed by atoms with Gasteiger partial charge in [-0.1, -0.05) is 30.3 Å². The molecule has 31 heavy (non-hydrogen) atoms. The number of ether oxygens (including phenoxy) is 2. The van der Waals surface area contributed by atoms with Crippen LogP contribution in [0, 0.1) is 6.92 Å². The first-order valence-corrected chi connectivity index (χ1v) is 9.89. The second-order valence-electron chi connectivity index (χ2n) is 6.84. The van der Waals surface area contributed by atoms with Crippen LogP contribution in [0.3, 0.4) is 0 Å². The van der Waals surface area contributed by atoms with E-state index in [0.717, 1.165) is 11.1 Å². The van der Waals surface area contributed by atoms with Crippen LogP contribution in [0.5, 0.6) is 5.88 Å². The molecule has 0 bridgehead atoms. The number of carbonyl (C=O) groups is 2. The highest BCUT2D eigenvalue weighted by Gasteiger charge is 2.12. The van der Waals surface area contributed by atoms with Crippen molar-refractivity contribution in [2.24, 2.45) is 0 Å². The monoisotopic (exact) mass is 419 g/mol. The number of aryl methyl sites for hydroxylation is 1. The fraction of sp³-hybridized carbons (Fsp3) is 0.208. The zero-order valence-electron chi connectivity index (χ0n) is 17.6. The normalized spacial score (nSPS) is 10.4. The summed E-state index contributed by atoms with van der Waals surface area (Å²) < 4.78 is 10.6. The summed E-state index contributed by atoms with van der Waals surface area (Å²) >= 11 is 0. The summed E-state index contributed by atoms with van der Waals surface area (Å²) in [5.74, 6) is -0.0315. The number of amides is 2. The first-order valence-electron chi connectivity index (χ1n) is 9.89. The molecule has 0 aliphatic heterocycles. The van der Waals surface area contributed by atoms with Gasteiger partial charge in [0, 0.05) is 42.2 Å². The predicted octanol–water partition coefficient (Wildman–Crippen LogP) is 3.60. The summed E-state index contributed by atoms with van der Waals surface area (Å²) in [6, 6.07) is 17.8. The Labute approximate surface area is 181 Å². The summed E-state index contributed by atoms with van der Waals surface area (Å²) in [6.07, 6.45) is 1.63. The Balaban J connectivity index is 1.66. The van der Waals surface area contributed by atoms with Gasteiger partial charge in [0.1, 0.15) is 6.61 Å². The molecule has 2 amide bonds. The van der Waals surface area contributed by atoms with Gasteiger partial charge >= 0.3 is 0 Å². The number of rotatable bonds is 9. The van der Waals surface area contributed by atoms with Crippen LogP contribution >= 0.6 is 0 Å². The summed E-state index contributed by atoms with van der Waals surface area (Å²) in [7, 11) is 1.60. The second-order valence-corrected chi connectivity index (χ2v) is 6.84. The maximum Gasteiger partial charge on any atom is 0.255 e. The van der Waals surface area contributed by atoms with Crippen LogP contribution in [0.15, 0.2) is 66.9 Å². The van der Waals surface area contributed by atoms with Gasteiger partial charge in [0.2, 0.25) is 5.88 Å². The van der Waals surface area contributed by atoms with Crippen molar-refractivity contribution in [3.63, 3.8) is 0 Å². The van der Waals surface area contributed by atoms with Crippen LogP contribution in [-0.4, -0.2) is 37.1 Å². The van der Waals surface area contributed by atoms with Crippen LogP contribution in [-0.2, 0) is 11.3 Å². The Bertz CT molecular complexity index is 1040. The molecule has 3 rings (SSSR count). The lowest BCUT2D eigenvalue weighted by molar-refractivity contribution is 0.0948. The summed E-state index contributed by atoms with van der Waals surface area (Å²) in [4.78, 5) is 29.4. The summed E-state index contributed by atoms with van der Waals surface area (Å²) in [5, 5.41) is 5.75. The van der Waals surface area contributed by atoms with Crippen LogP contribution in [0.2, 0.25) is 0 Å². The highest BCUT2D eigenvalue weighted by atomic mass is 16.5. The van der Waals surface area contributed by atoms with E-state index in [0.29, 0.717) is 35.9 Å². The topological polar surface area (TPSA) is 89.6 Å². The van der Waals surface area contributed by atoms with Gasteiger partial charge in [-0.2, -0.15) is 0 Å². The molecule has 0 aliphatic carbocycles. The molecule has 0 radical (unpaired) electrons. The molecule has 2 N–H and O–H groups in total. The number of carbonyl (C=O) groups excluding carboxylic acids is 2. The van der Waals surface area contributed by atoms with E-state index in [4.69, 9.17) is 9.47 Å². The van der Waals surface area contributed by atoms with Gasteiger partial charge in [-0.15, -0.1) is 0 Å². The molecular formula is C24H25N3O4. The predicted molar refractivity (Wildman–Crippen MR) is 118 cm³/mol. The molecule has 1 heterocycles. The van der Waals surface area contributed by atoms with Gasteiger partial charge in [-0.25, -0.2) is 4.98 Å². The number of anilines is 1. The maximum atomic E-state index is 12.7. The molecule has 3 aromatic rings. The van der Waals surface area contributed by atoms with E-state index in [9.17, 15) is 9.59 Å². The Kier molecular flexibility index (Phi) is 7.73. The van der Waals surface area contributed by atoms with Crippen LogP contribution in [0.25, 0.3) is 0 Å². The second kappa shape index (κ2) is 10.9. The largest absolute Gasteiger partial charge is 0.475 e. The van der Waals surface area contributed by atoms with Crippen molar-refractivity contribution in [1.29, 1.82) is 0 Å². The third kappa shape index (κ3) is 6.13. The number of pyridine rings is 1. The third-order valence-corrected chi connectivity index (χ3v) is 4.60. The van der Waals surface area contributed by atoms with Gasteiger partial charge in [0.05, 0.1) is 6.61 Å². The molecule has 0 saturated carbocycles. The van der Waals surface area contributed by atoms with Crippen molar-refractivity contribution in [3.05, 3.63) is 89.1 Å². The zero-order valence-corrected chi connectivity index (χ0v) is 17.6. The van der Waals surface area contributed by atoms with Crippen LogP contribution in [0.1, 0.15) is 31.8 Å². The molecule has 7 nitrogen and oxygen atoms in total. The number of nitrogens with one attached hydrogen (secondary N) is 2. The van der Waals surface area contributed by atoms with Crippen molar-refractivity contribution in [3.8, 4) is 5.88 Å². The zero-order chi connectivity index (χ0) is 22.1. The van der Waals surface area contributed by atoms with Gasteiger partial charge in [0.25, 0.3) is 11.8 Å². The Morgan fingerprint density at radius 2 is 1.74 bits per heavy atom. The van der Waals surface area contributed by atoms with Gasteiger partial charge in [-0.05, 0) is 42.8 Å². The lowest BCUT2D eigenvalue weighted by Gasteiger charge is -2.13. The minimum Gasteiger partial charge on any atom is -0.475 e. The van der Waals surface area contributed by atoms with E-state index in [-0.39, 0.29) is 18.4 Å². The number of hydrogen-bond donors (Lipinski definition) is 2. The van der Waals surface area contributed by atoms with Gasteiger partial charge in [-0.3, -0.25) is 9.59 Å². The van der Waals surface area contributed by atoms with E-state index >= 15 is 0 Å². The van der Waals surface area contributed by atoms with E-state index in [1.165, 1.54) is 0 Å². The molecule has 0 saturated heterocycles. The number of methoxy groups -OCH3 is 1. The van der Waals surface area contributed by atoms with Crippen molar-refractivity contribution in [2.45, 2.75) is 13.5 Å². The Hall–Kier alpha value is -3.71. The van der Waals surface area contributed by atoms with E-state index in [1.807, 2.05) is 19.1 Å². The average molecular weight is 419 g/mol. The quantitative estimate of drug-likeness (QED) is 0.518. The molecule has 2 aromatic carbocycles. The van der Waals surface area contributed by atoms with Crippen LogP contribution < -0.4 is 15.4 Å². The minimum absolute atomic E-state index is 0.227. The molecule has 7 heteroatoms. The first kappa shape index (κ1) is 22.0. The fourth-order valence-electron chi connectivity index (χ4n) is 2.87. The highest BCUT2D eigenvalue weighted by molar-refractivity contribution is 6.05. The number of nitrogens with zero attached hydrogens (tertiary/aromatic N) is 1. The molecule has 0 aliphatic rings. The summed E-state index contributed by atoms with van der Waals surface area (Å²) in [6.45, 7) is 2.95.